The van der Waals surface area contributed by atoms with Gasteiger partial charge in [-0.2, -0.15) is 19.1 Å². The number of hydrogen-bond donors (Lipinski definition) is 0. The second kappa shape index (κ2) is 5.64. The van der Waals surface area contributed by atoms with Crippen LogP contribution in [0, 0.1) is 5.41 Å². The van der Waals surface area contributed by atoms with Crippen LogP contribution in [0.3, 0.4) is 0 Å². The van der Waals surface area contributed by atoms with E-state index in [1.807, 2.05) is 0 Å². The van der Waals surface area contributed by atoms with Crippen LogP contribution < -0.4 is 0 Å². The van der Waals surface area contributed by atoms with E-state index in [0.29, 0.717) is 11.5 Å². The molecule has 1 saturated carbocycles. The van der Waals surface area contributed by atoms with E-state index in [1.54, 1.807) is 0 Å². The summed E-state index contributed by atoms with van der Waals surface area (Å²) in [5.41, 5.74) is 0.528. The Morgan fingerprint density at radius 2 is 1.89 bits per heavy atom. The van der Waals surface area contributed by atoms with Gasteiger partial charge in [-0.05, 0) is 39.8 Å². The van der Waals surface area contributed by atoms with Gasteiger partial charge in [0, 0.05) is 12.0 Å². The second-order valence-corrected chi connectivity index (χ2v) is 13.0. The van der Waals surface area contributed by atoms with Crippen molar-refractivity contribution in [2.24, 2.45) is 5.41 Å². The highest BCUT2D eigenvalue weighted by Gasteiger charge is 2.44. The molecule has 0 aromatic heterocycles. The summed E-state index contributed by atoms with van der Waals surface area (Å²) < 4.78 is 5.86. The lowest BCUT2D eigenvalue weighted by atomic mass is 10.1. The molecule has 2 fully saturated rings. The molecule has 2 rings (SSSR count). The number of rotatable bonds is 5. The molecule has 0 amide bonds. The van der Waals surface area contributed by atoms with Gasteiger partial charge in [0.25, 0.3) is 0 Å². The third-order valence-electron chi connectivity index (χ3n) is 4.67. The van der Waals surface area contributed by atoms with Gasteiger partial charge in [-0.3, -0.25) is 0 Å². The van der Waals surface area contributed by atoms with Crippen molar-refractivity contribution in [3.63, 3.8) is 0 Å². The minimum absolute atomic E-state index is 0.387. The Balaban J connectivity index is 1.79. The Bertz CT molecular complexity index is 274. The van der Waals surface area contributed by atoms with E-state index < -0.39 is 8.07 Å². The Kier molecular flexibility index (Phi) is 4.55. The molecule has 1 heterocycles. The summed E-state index contributed by atoms with van der Waals surface area (Å²) >= 11 is 0. The smallest absolute Gasteiger partial charge is 0.0538 e. The fraction of sp³-hybridized carbons (Fsp3) is 1.00. The molecule has 1 aliphatic carbocycles. The Labute approximate surface area is 114 Å². The van der Waals surface area contributed by atoms with Crippen molar-refractivity contribution in [1.82, 2.24) is 4.90 Å². The van der Waals surface area contributed by atoms with Gasteiger partial charge in [0.1, 0.15) is 0 Å². The van der Waals surface area contributed by atoms with E-state index in [2.05, 4.69) is 31.8 Å². The molecule has 1 saturated heterocycles. The van der Waals surface area contributed by atoms with Crippen molar-refractivity contribution in [1.29, 1.82) is 0 Å². The molecule has 18 heavy (non-hydrogen) atoms. The van der Waals surface area contributed by atoms with Crippen LogP contribution in [0.5, 0.6) is 0 Å². The van der Waals surface area contributed by atoms with Gasteiger partial charge >= 0.3 is 0 Å². The van der Waals surface area contributed by atoms with Gasteiger partial charge < -0.3 is 9.64 Å². The first kappa shape index (κ1) is 14.5. The SMILES string of the molecule is CC(C)OCC1(CN2CCC[Si-](C)(C)CC2)CC1. The molecule has 0 bridgehead atoms. The van der Waals surface area contributed by atoms with Crippen LogP contribution in [0.15, 0.2) is 0 Å². The summed E-state index contributed by atoms with van der Waals surface area (Å²) in [6.45, 7) is 14.4. The van der Waals surface area contributed by atoms with E-state index >= 15 is 0 Å². The summed E-state index contributed by atoms with van der Waals surface area (Å²) in [5.74, 6) is 0. The quantitative estimate of drug-likeness (QED) is 0.707. The summed E-state index contributed by atoms with van der Waals surface area (Å²) in [4.78, 5) is 2.73. The predicted molar refractivity (Wildman–Crippen MR) is 80.9 cm³/mol. The van der Waals surface area contributed by atoms with Crippen LogP contribution in [0.25, 0.3) is 0 Å². The molecule has 0 atom stereocenters. The molecule has 1 aliphatic heterocycles. The van der Waals surface area contributed by atoms with Crippen LogP contribution in [0.2, 0.25) is 25.2 Å². The molecule has 2 nitrogen and oxygen atoms in total. The summed E-state index contributed by atoms with van der Waals surface area (Å²) in [5, 5.41) is 0. The Morgan fingerprint density at radius 1 is 1.17 bits per heavy atom. The number of hydrogen-bond acceptors (Lipinski definition) is 2. The van der Waals surface area contributed by atoms with Crippen molar-refractivity contribution in [3.8, 4) is 0 Å². The first-order chi connectivity index (χ1) is 8.41. The molecule has 107 valence electrons. The van der Waals surface area contributed by atoms with Crippen LogP contribution in [0.4, 0.5) is 0 Å². The molecule has 0 aromatic rings. The number of nitrogens with zero attached hydrogens (tertiary/aromatic N) is 1. The maximum Gasteiger partial charge on any atom is 0.0538 e. The van der Waals surface area contributed by atoms with Crippen LogP contribution >= 0.6 is 0 Å². The fourth-order valence-corrected chi connectivity index (χ4v) is 5.27. The standard InChI is InChI=1S/C15H31NOSi/c1-14(2)17-13-15(6-7-15)12-16-8-5-10-18(3,4)11-9-16/h14H,5-13H2,1-4H3/q-1. The van der Waals surface area contributed by atoms with Crippen molar-refractivity contribution in [2.75, 3.05) is 26.2 Å². The molecule has 0 unspecified atom stereocenters. The van der Waals surface area contributed by atoms with Gasteiger partial charge in [0.2, 0.25) is 0 Å². The lowest BCUT2D eigenvalue weighted by Crippen LogP contribution is -2.35. The van der Waals surface area contributed by atoms with E-state index in [1.165, 1.54) is 51.0 Å². The summed E-state index contributed by atoms with van der Waals surface area (Å²) in [7, 11) is -0.847. The summed E-state index contributed by atoms with van der Waals surface area (Å²) in [6.07, 6.45) is 4.59. The highest BCUT2D eigenvalue weighted by molar-refractivity contribution is 6.77. The topological polar surface area (TPSA) is 12.5 Å². The molecule has 2 aliphatic rings. The lowest BCUT2D eigenvalue weighted by molar-refractivity contribution is 0.0317. The largest absolute Gasteiger partial charge is 0.378 e. The minimum atomic E-state index is -0.847. The van der Waals surface area contributed by atoms with Crippen LogP contribution in [-0.2, 0) is 4.74 Å². The van der Waals surface area contributed by atoms with Crippen molar-refractivity contribution < 1.29 is 4.74 Å². The molecule has 0 radical (unpaired) electrons. The van der Waals surface area contributed by atoms with Gasteiger partial charge in [0.15, 0.2) is 0 Å². The highest BCUT2D eigenvalue weighted by Crippen LogP contribution is 2.47. The first-order valence-electron chi connectivity index (χ1n) is 7.75. The van der Waals surface area contributed by atoms with Crippen molar-refractivity contribution >= 4 is 8.07 Å². The van der Waals surface area contributed by atoms with Gasteiger partial charge in [-0.1, -0.05) is 6.42 Å². The molecule has 3 heteroatoms. The fourth-order valence-electron chi connectivity index (χ4n) is 2.98. The average Bonchev–Trinajstić information content (AvgIpc) is 3.04. The molecular weight excluding hydrogens is 238 g/mol. The van der Waals surface area contributed by atoms with Crippen LogP contribution in [0.1, 0.15) is 33.1 Å². The number of ether oxygens (including phenoxy) is 1. The van der Waals surface area contributed by atoms with E-state index in [0.717, 1.165) is 6.61 Å². The van der Waals surface area contributed by atoms with E-state index in [9.17, 15) is 0 Å². The monoisotopic (exact) mass is 269 g/mol. The molecule has 0 aromatic carbocycles. The van der Waals surface area contributed by atoms with Gasteiger partial charge in [0.05, 0.1) is 12.7 Å². The normalized spacial score (nSPS) is 27.2. The molecule has 0 spiro atoms. The molecular formula is C15H31NOSi-. The van der Waals surface area contributed by atoms with Gasteiger partial charge in [-0.25, -0.2) is 0 Å². The van der Waals surface area contributed by atoms with E-state index in [4.69, 9.17) is 4.74 Å². The minimum Gasteiger partial charge on any atom is -0.378 e. The zero-order valence-electron chi connectivity index (χ0n) is 12.8. The molecule has 0 N–H and O–H groups in total. The third-order valence-corrected chi connectivity index (χ3v) is 7.96. The zero-order chi connectivity index (χ0) is 13.2. The second-order valence-electron chi connectivity index (χ2n) is 7.65. The Morgan fingerprint density at radius 3 is 2.50 bits per heavy atom. The Hall–Kier alpha value is 0.137. The lowest BCUT2D eigenvalue weighted by Gasteiger charge is -2.32. The van der Waals surface area contributed by atoms with Gasteiger partial charge in [-0.15, -0.1) is 14.1 Å². The summed E-state index contributed by atoms with van der Waals surface area (Å²) in [6, 6.07) is 3.02. The highest BCUT2D eigenvalue weighted by atomic mass is 28.3. The average molecular weight is 270 g/mol. The zero-order valence-corrected chi connectivity index (χ0v) is 13.8. The predicted octanol–water partition coefficient (Wildman–Crippen LogP) is 3.61. The maximum absolute atomic E-state index is 5.86. The van der Waals surface area contributed by atoms with Crippen molar-refractivity contribution in [3.05, 3.63) is 0 Å². The van der Waals surface area contributed by atoms with E-state index in [-0.39, 0.29) is 0 Å². The third kappa shape index (κ3) is 4.36. The maximum atomic E-state index is 5.86. The van der Waals surface area contributed by atoms with Crippen LogP contribution in [-0.4, -0.2) is 45.3 Å². The van der Waals surface area contributed by atoms with Crippen molar-refractivity contribution in [2.45, 2.75) is 64.4 Å². The first-order valence-corrected chi connectivity index (χ1v) is 11.2.